The molecule has 2 aromatic rings. The molecule has 0 atom stereocenters. The van der Waals surface area contributed by atoms with E-state index in [1.54, 1.807) is 24.3 Å². The Labute approximate surface area is 158 Å². The third-order valence-electron chi connectivity index (χ3n) is 3.73. The van der Waals surface area contributed by atoms with Gasteiger partial charge in [-0.1, -0.05) is 29.8 Å². The van der Waals surface area contributed by atoms with Gasteiger partial charge in [-0.3, -0.25) is 9.59 Å². The first-order valence-corrected chi connectivity index (χ1v) is 8.99. The van der Waals surface area contributed by atoms with Gasteiger partial charge in [0.1, 0.15) is 5.75 Å². The molecule has 0 spiro atoms. The molecule has 0 aliphatic rings. The largest absolute Gasteiger partial charge is 0.494 e. The standard InChI is InChI=1S/C20H23ClN2O3/c1-2-26-18-6-4-3-5-15(18)9-12-19(24)22-13-14-23-20(25)16-7-10-17(21)11-8-16/h3-8,10-11H,2,9,12-14H2,1H3,(H,22,24)(H,23,25). The predicted octanol–water partition coefficient (Wildman–Crippen LogP) is 3.22. The van der Waals surface area contributed by atoms with E-state index in [-0.39, 0.29) is 11.8 Å². The molecule has 0 aliphatic heterocycles. The predicted molar refractivity (Wildman–Crippen MR) is 103 cm³/mol. The van der Waals surface area contributed by atoms with E-state index >= 15 is 0 Å². The number of carbonyl (C=O) groups is 2. The molecule has 0 heterocycles. The van der Waals surface area contributed by atoms with Crippen LogP contribution in [0.15, 0.2) is 48.5 Å². The zero-order chi connectivity index (χ0) is 18.8. The van der Waals surface area contributed by atoms with E-state index in [9.17, 15) is 9.59 Å². The zero-order valence-corrected chi connectivity index (χ0v) is 15.5. The minimum Gasteiger partial charge on any atom is -0.494 e. The molecule has 0 radical (unpaired) electrons. The van der Waals surface area contributed by atoms with Crippen LogP contribution in [0, 0.1) is 0 Å². The molecule has 0 unspecified atom stereocenters. The van der Waals surface area contributed by atoms with Gasteiger partial charge < -0.3 is 15.4 Å². The Kier molecular flexibility index (Phi) is 7.96. The number of benzene rings is 2. The summed E-state index contributed by atoms with van der Waals surface area (Å²) in [5, 5.41) is 6.14. The lowest BCUT2D eigenvalue weighted by molar-refractivity contribution is -0.121. The van der Waals surface area contributed by atoms with E-state index in [1.165, 1.54) is 0 Å². The van der Waals surface area contributed by atoms with Crippen LogP contribution in [0.25, 0.3) is 0 Å². The van der Waals surface area contributed by atoms with Crippen LogP contribution in [0.3, 0.4) is 0 Å². The maximum Gasteiger partial charge on any atom is 0.251 e. The van der Waals surface area contributed by atoms with Crippen LogP contribution in [0.4, 0.5) is 0 Å². The highest BCUT2D eigenvalue weighted by molar-refractivity contribution is 6.30. The Morgan fingerprint density at radius 3 is 2.42 bits per heavy atom. The van der Waals surface area contributed by atoms with Crippen molar-refractivity contribution in [1.82, 2.24) is 10.6 Å². The summed E-state index contributed by atoms with van der Waals surface area (Å²) in [7, 11) is 0. The van der Waals surface area contributed by atoms with Crippen molar-refractivity contribution in [2.24, 2.45) is 0 Å². The molecule has 0 aliphatic carbocycles. The smallest absolute Gasteiger partial charge is 0.251 e. The van der Waals surface area contributed by atoms with E-state index in [1.807, 2.05) is 31.2 Å². The number of nitrogens with one attached hydrogen (secondary N) is 2. The Morgan fingerprint density at radius 2 is 1.69 bits per heavy atom. The molecule has 0 fully saturated rings. The maximum absolute atomic E-state index is 12.0. The summed E-state index contributed by atoms with van der Waals surface area (Å²) >= 11 is 5.79. The normalized spacial score (nSPS) is 10.2. The molecule has 0 saturated carbocycles. The van der Waals surface area contributed by atoms with Gasteiger partial charge in [-0.15, -0.1) is 0 Å². The number of carbonyl (C=O) groups excluding carboxylic acids is 2. The molecule has 0 saturated heterocycles. The summed E-state index contributed by atoms with van der Waals surface area (Å²) in [6.07, 6.45) is 0.981. The van der Waals surface area contributed by atoms with E-state index < -0.39 is 0 Å². The number of hydrogen-bond donors (Lipinski definition) is 2. The fourth-order valence-electron chi connectivity index (χ4n) is 2.42. The fraction of sp³-hybridized carbons (Fsp3) is 0.300. The summed E-state index contributed by atoms with van der Waals surface area (Å²) in [5.41, 5.74) is 1.55. The van der Waals surface area contributed by atoms with Gasteiger partial charge in [0.25, 0.3) is 5.91 Å². The number of ether oxygens (including phenoxy) is 1. The summed E-state index contributed by atoms with van der Waals surface area (Å²) in [6.45, 7) is 3.27. The van der Waals surface area contributed by atoms with Crippen molar-refractivity contribution in [3.8, 4) is 5.75 Å². The summed E-state index contributed by atoms with van der Waals surface area (Å²) in [5.74, 6) is 0.566. The first-order chi connectivity index (χ1) is 12.6. The molecule has 6 heteroatoms. The van der Waals surface area contributed by atoms with Gasteiger partial charge in [-0.05, 0) is 49.2 Å². The quantitative estimate of drug-likeness (QED) is 0.662. The highest BCUT2D eigenvalue weighted by atomic mass is 35.5. The first-order valence-electron chi connectivity index (χ1n) is 8.61. The van der Waals surface area contributed by atoms with Gasteiger partial charge in [0.05, 0.1) is 6.61 Å². The molecule has 0 aromatic heterocycles. The molecule has 2 N–H and O–H groups in total. The second-order valence-corrected chi connectivity index (χ2v) is 6.09. The molecule has 2 amide bonds. The monoisotopic (exact) mass is 374 g/mol. The lowest BCUT2D eigenvalue weighted by Gasteiger charge is -2.10. The van der Waals surface area contributed by atoms with E-state index in [2.05, 4.69) is 10.6 Å². The summed E-state index contributed by atoms with van der Waals surface area (Å²) < 4.78 is 5.56. The van der Waals surface area contributed by atoms with Crippen LogP contribution in [-0.2, 0) is 11.2 Å². The molecule has 26 heavy (non-hydrogen) atoms. The summed E-state index contributed by atoms with van der Waals surface area (Å²) in [6, 6.07) is 14.4. The van der Waals surface area contributed by atoms with Crippen molar-refractivity contribution >= 4 is 23.4 Å². The minimum absolute atomic E-state index is 0.0583. The average Bonchev–Trinajstić information content (AvgIpc) is 2.65. The Morgan fingerprint density at radius 1 is 1.00 bits per heavy atom. The fourth-order valence-corrected chi connectivity index (χ4v) is 2.55. The molecule has 2 rings (SSSR count). The number of halogens is 1. The van der Waals surface area contributed by atoms with Gasteiger partial charge in [-0.25, -0.2) is 0 Å². The maximum atomic E-state index is 12.0. The van der Waals surface area contributed by atoms with Gasteiger partial charge in [0, 0.05) is 30.1 Å². The second kappa shape index (κ2) is 10.5. The molecular weight excluding hydrogens is 352 g/mol. The van der Waals surface area contributed by atoms with E-state index in [4.69, 9.17) is 16.3 Å². The number of rotatable bonds is 9. The van der Waals surface area contributed by atoms with Gasteiger partial charge >= 0.3 is 0 Å². The number of hydrogen-bond acceptors (Lipinski definition) is 3. The van der Waals surface area contributed by atoms with Crippen LogP contribution in [0.5, 0.6) is 5.75 Å². The van der Waals surface area contributed by atoms with Crippen molar-refractivity contribution in [2.45, 2.75) is 19.8 Å². The van der Waals surface area contributed by atoms with Crippen molar-refractivity contribution in [1.29, 1.82) is 0 Å². The van der Waals surface area contributed by atoms with Crippen molar-refractivity contribution in [2.75, 3.05) is 19.7 Å². The Bertz CT molecular complexity index is 732. The summed E-state index contributed by atoms with van der Waals surface area (Å²) in [4.78, 5) is 23.9. The number of aryl methyl sites for hydroxylation is 1. The Balaban J connectivity index is 1.68. The molecule has 138 valence electrons. The van der Waals surface area contributed by atoms with Crippen molar-refractivity contribution in [3.05, 3.63) is 64.7 Å². The van der Waals surface area contributed by atoms with Crippen molar-refractivity contribution in [3.63, 3.8) is 0 Å². The average molecular weight is 375 g/mol. The molecule has 2 aromatic carbocycles. The number of para-hydroxylation sites is 1. The SMILES string of the molecule is CCOc1ccccc1CCC(=O)NCCNC(=O)c1ccc(Cl)cc1. The topological polar surface area (TPSA) is 67.4 Å². The van der Waals surface area contributed by atoms with Crippen LogP contribution >= 0.6 is 11.6 Å². The zero-order valence-electron chi connectivity index (χ0n) is 14.8. The van der Waals surface area contributed by atoms with Crippen LogP contribution in [-0.4, -0.2) is 31.5 Å². The minimum atomic E-state index is -0.193. The van der Waals surface area contributed by atoms with Gasteiger partial charge in [0.15, 0.2) is 0 Å². The van der Waals surface area contributed by atoms with Gasteiger partial charge in [0.2, 0.25) is 5.91 Å². The van der Waals surface area contributed by atoms with E-state index in [0.717, 1.165) is 11.3 Å². The van der Waals surface area contributed by atoms with Crippen LogP contribution < -0.4 is 15.4 Å². The van der Waals surface area contributed by atoms with Crippen LogP contribution in [0.1, 0.15) is 29.3 Å². The lowest BCUT2D eigenvalue weighted by atomic mass is 10.1. The third-order valence-corrected chi connectivity index (χ3v) is 3.98. The number of amides is 2. The van der Waals surface area contributed by atoms with Crippen LogP contribution in [0.2, 0.25) is 5.02 Å². The van der Waals surface area contributed by atoms with E-state index in [0.29, 0.717) is 43.1 Å². The molecular formula is C20H23ClN2O3. The Hall–Kier alpha value is -2.53. The molecule has 0 bridgehead atoms. The highest BCUT2D eigenvalue weighted by Gasteiger charge is 2.07. The first kappa shape index (κ1) is 19.8. The lowest BCUT2D eigenvalue weighted by Crippen LogP contribution is -2.34. The van der Waals surface area contributed by atoms with Crippen molar-refractivity contribution < 1.29 is 14.3 Å². The molecule has 5 nitrogen and oxygen atoms in total. The highest BCUT2D eigenvalue weighted by Crippen LogP contribution is 2.19. The second-order valence-electron chi connectivity index (χ2n) is 5.65. The van der Waals surface area contributed by atoms with Gasteiger partial charge in [-0.2, -0.15) is 0 Å². The third kappa shape index (κ3) is 6.41.